The molecular formula is C11H15NO2. The summed E-state index contributed by atoms with van der Waals surface area (Å²) >= 11 is 0. The summed E-state index contributed by atoms with van der Waals surface area (Å²) in [6, 6.07) is 7.30. The number of aliphatic hydroxyl groups excluding tert-OH is 1. The standard InChI is InChI=1S/C11H15NO2/c1-8(13)7-9-5-3-4-6-10(9)11(14)12-2/h3-6,8,13H,7H2,1-2H3,(H,12,14)/t8-/m1/s1. The first kappa shape index (κ1) is 10.7. The summed E-state index contributed by atoms with van der Waals surface area (Å²) in [5, 5.41) is 11.8. The van der Waals surface area contributed by atoms with E-state index in [-0.39, 0.29) is 5.91 Å². The molecule has 0 bridgehead atoms. The Morgan fingerprint density at radius 2 is 2.14 bits per heavy atom. The van der Waals surface area contributed by atoms with E-state index in [1.54, 1.807) is 20.0 Å². The van der Waals surface area contributed by atoms with Crippen molar-refractivity contribution in [2.75, 3.05) is 7.05 Å². The third-order valence-corrected chi connectivity index (χ3v) is 2.00. The monoisotopic (exact) mass is 193 g/mol. The molecule has 0 aliphatic rings. The zero-order chi connectivity index (χ0) is 10.6. The van der Waals surface area contributed by atoms with Crippen molar-refractivity contribution in [1.82, 2.24) is 5.32 Å². The van der Waals surface area contributed by atoms with Crippen LogP contribution in [0.25, 0.3) is 0 Å². The van der Waals surface area contributed by atoms with E-state index < -0.39 is 6.10 Å². The molecule has 1 aromatic carbocycles. The van der Waals surface area contributed by atoms with Crippen molar-refractivity contribution in [2.45, 2.75) is 19.4 Å². The van der Waals surface area contributed by atoms with Crippen LogP contribution in [-0.2, 0) is 6.42 Å². The molecule has 1 atom stereocenters. The minimum Gasteiger partial charge on any atom is -0.393 e. The fourth-order valence-electron chi connectivity index (χ4n) is 1.37. The second-order valence-corrected chi connectivity index (χ2v) is 3.29. The summed E-state index contributed by atoms with van der Waals surface area (Å²) < 4.78 is 0. The lowest BCUT2D eigenvalue weighted by Crippen LogP contribution is -2.20. The minimum atomic E-state index is -0.430. The van der Waals surface area contributed by atoms with Gasteiger partial charge in [-0.2, -0.15) is 0 Å². The zero-order valence-electron chi connectivity index (χ0n) is 8.45. The van der Waals surface area contributed by atoms with Crippen LogP contribution in [0.5, 0.6) is 0 Å². The Hall–Kier alpha value is -1.35. The van der Waals surface area contributed by atoms with E-state index in [4.69, 9.17) is 0 Å². The van der Waals surface area contributed by atoms with Crippen molar-refractivity contribution in [1.29, 1.82) is 0 Å². The van der Waals surface area contributed by atoms with Gasteiger partial charge in [-0.05, 0) is 25.0 Å². The zero-order valence-corrected chi connectivity index (χ0v) is 8.45. The van der Waals surface area contributed by atoms with Gasteiger partial charge in [-0.1, -0.05) is 18.2 Å². The van der Waals surface area contributed by atoms with Gasteiger partial charge in [0.2, 0.25) is 0 Å². The third kappa shape index (κ3) is 2.57. The largest absolute Gasteiger partial charge is 0.393 e. The van der Waals surface area contributed by atoms with Crippen molar-refractivity contribution in [2.24, 2.45) is 0 Å². The Balaban J connectivity index is 2.97. The fourth-order valence-corrected chi connectivity index (χ4v) is 1.37. The molecule has 3 nitrogen and oxygen atoms in total. The van der Waals surface area contributed by atoms with Gasteiger partial charge < -0.3 is 10.4 Å². The summed E-state index contributed by atoms with van der Waals surface area (Å²) in [4.78, 5) is 11.4. The molecule has 2 N–H and O–H groups in total. The van der Waals surface area contributed by atoms with Gasteiger partial charge in [0.1, 0.15) is 0 Å². The molecule has 1 rings (SSSR count). The highest BCUT2D eigenvalue weighted by Crippen LogP contribution is 2.10. The summed E-state index contributed by atoms with van der Waals surface area (Å²) in [7, 11) is 1.60. The van der Waals surface area contributed by atoms with E-state index in [1.165, 1.54) is 0 Å². The van der Waals surface area contributed by atoms with Crippen molar-refractivity contribution < 1.29 is 9.90 Å². The predicted molar refractivity (Wildman–Crippen MR) is 55.2 cm³/mol. The van der Waals surface area contributed by atoms with Crippen LogP contribution >= 0.6 is 0 Å². The topological polar surface area (TPSA) is 49.3 Å². The van der Waals surface area contributed by atoms with E-state index in [0.29, 0.717) is 12.0 Å². The van der Waals surface area contributed by atoms with Crippen molar-refractivity contribution in [3.63, 3.8) is 0 Å². The Bertz CT molecular complexity index is 321. The van der Waals surface area contributed by atoms with E-state index in [9.17, 15) is 9.90 Å². The maximum atomic E-state index is 11.4. The van der Waals surface area contributed by atoms with Crippen LogP contribution < -0.4 is 5.32 Å². The van der Waals surface area contributed by atoms with E-state index in [0.717, 1.165) is 5.56 Å². The van der Waals surface area contributed by atoms with Crippen molar-refractivity contribution in [3.8, 4) is 0 Å². The van der Waals surface area contributed by atoms with Gasteiger partial charge in [-0.15, -0.1) is 0 Å². The van der Waals surface area contributed by atoms with E-state index >= 15 is 0 Å². The third-order valence-electron chi connectivity index (χ3n) is 2.00. The average molecular weight is 193 g/mol. The van der Waals surface area contributed by atoms with Crippen molar-refractivity contribution >= 4 is 5.91 Å². The number of hydrogen-bond donors (Lipinski definition) is 2. The second kappa shape index (κ2) is 4.77. The van der Waals surface area contributed by atoms with Crippen LogP contribution in [0.1, 0.15) is 22.8 Å². The molecule has 0 aromatic heterocycles. The molecule has 0 aliphatic heterocycles. The van der Waals surface area contributed by atoms with Gasteiger partial charge in [0.05, 0.1) is 6.10 Å². The second-order valence-electron chi connectivity index (χ2n) is 3.29. The highest BCUT2D eigenvalue weighted by Gasteiger charge is 2.10. The number of rotatable bonds is 3. The molecule has 0 saturated carbocycles. The Morgan fingerprint density at radius 3 is 2.71 bits per heavy atom. The number of nitrogens with one attached hydrogen (secondary N) is 1. The fraction of sp³-hybridized carbons (Fsp3) is 0.364. The molecular weight excluding hydrogens is 178 g/mol. The SMILES string of the molecule is CNC(=O)c1ccccc1C[C@@H](C)O. The van der Waals surface area contributed by atoms with Crippen LogP contribution in [0.4, 0.5) is 0 Å². The first-order chi connectivity index (χ1) is 6.65. The van der Waals surface area contributed by atoms with Gasteiger partial charge in [0, 0.05) is 12.6 Å². The summed E-state index contributed by atoms with van der Waals surface area (Å²) in [5.41, 5.74) is 1.51. The lowest BCUT2D eigenvalue weighted by Gasteiger charge is -2.09. The molecule has 0 unspecified atom stereocenters. The van der Waals surface area contributed by atoms with Crippen LogP contribution in [-0.4, -0.2) is 24.2 Å². The molecule has 3 heteroatoms. The first-order valence-electron chi connectivity index (χ1n) is 4.63. The molecule has 0 aliphatic carbocycles. The van der Waals surface area contributed by atoms with Gasteiger partial charge >= 0.3 is 0 Å². The average Bonchev–Trinajstić information content (AvgIpc) is 2.16. The molecule has 0 heterocycles. The number of carbonyl (C=O) groups excluding carboxylic acids is 1. The Morgan fingerprint density at radius 1 is 1.50 bits per heavy atom. The molecule has 1 amide bonds. The molecule has 0 radical (unpaired) electrons. The van der Waals surface area contributed by atoms with Crippen LogP contribution in [0.15, 0.2) is 24.3 Å². The van der Waals surface area contributed by atoms with Crippen molar-refractivity contribution in [3.05, 3.63) is 35.4 Å². The van der Waals surface area contributed by atoms with E-state index in [2.05, 4.69) is 5.32 Å². The predicted octanol–water partition coefficient (Wildman–Crippen LogP) is 0.970. The molecule has 76 valence electrons. The number of aliphatic hydroxyl groups is 1. The Kier molecular flexibility index (Phi) is 3.65. The van der Waals surface area contributed by atoms with E-state index in [1.807, 2.05) is 18.2 Å². The molecule has 14 heavy (non-hydrogen) atoms. The lowest BCUT2D eigenvalue weighted by molar-refractivity contribution is 0.0961. The minimum absolute atomic E-state index is 0.110. The highest BCUT2D eigenvalue weighted by molar-refractivity contribution is 5.95. The van der Waals surface area contributed by atoms with Crippen LogP contribution in [0.3, 0.4) is 0 Å². The Labute approximate surface area is 83.8 Å². The first-order valence-corrected chi connectivity index (χ1v) is 4.63. The van der Waals surface area contributed by atoms with Gasteiger partial charge in [-0.25, -0.2) is 0 Å². The summed E-state index contributed by atoms with van der Waals surface area (Å²) in [5.74, 6) is -0.110. The summed E-state index contributed by atoms with van der Waals surface area (Å²) in [6.07, 6.45) is 0.0738. The summed E-state index contributed by atoms with van der Waals surface area (Å²) in [6.45, 7) is 1.71. The maximum absolute atomic E-state index is 11.4. The number of amides is 1. The normalized spacial score (nSPS) is 12.2. The van der Waals surface area contributed by atoms with Gasteiger partial charge in [0.15, 0.2) is 0 Å². The van der Waals surface area contributed by atoms with Gasteiger partial charge in [0.25, 0.3) is 5.91 Å². The molecule has 1 aromatic rings. The van der Waals surface area contributed by atoms with Gasteiger partial charge in [-0.3, -0.25) is 4.79 Å². The van der Waals surface area contributed by atoms with Crippen LogP contribution in [0, 0.1) is 0 Å². The maximum Gasteiger partial charge on any atom is 0.251 e. The smallest absolute Gasteiger partial charge is 0.251 e. The molecule has 0 fully saturated rings. The number of hydrogen-bond acceptors (Lipinski definition) is 2. The number of carbonyl (C=O) groups is 1. The quantitative estimate of drug-likeness (QED) is 0.751. The molecule has 0 saturated heterocycles. The molecule has 0 spiro atoms. The number of benzene rings is 1. The van der Waals surface area contributed by atoms with Crippen LogP contribution in [0.2, 0.25) is 0 Å². The highest BCUT2D eigenvalue weighted by atomic mass is 16.3. The lowest BCUT2D eigenvalue weighted by atomic mass is 10.0.